The van der Waals surface area contributed by atoms with E-state index >= 15 is 0 Å². The molecule has 3 fully saturated rings. The van der Waals surface area contributed by atoms with Crippen molar-refractivity contribution in [2.24, 2.45) is 5.41 Å². The summed E-state index contributed by atoms with van der Waals surface area (Å²) in [5.74, 6) is -0.714. The molecule has 6 rings (SSSR count). The summed E-state index contributed by atoms with van der Waals surface area (Å²) < 4.78 is 29.4. The molecule has 10 heteroatoms. The summed E-state index contributed by atoms with van der Waals surface area (Å²) in [7, 11) is 1.44. The molecule has 8 nitrogen and oxygen atoms in total. The van der Waals surface area contributed by atoms with E-state index in [2.05, 4.69) is 10.3 Å². The molecule has 3 aromatic rings. The molecule has 0 saturated heterocycles. The number of Topliss-reactive ketones (excluding diaryl/α,β-unsaturated/α-hetero) is 1. The van der Waals surface area contributed by atoms with Gasteiger partial charge in [0.1, 0.15) is 11.6 Å². The highest BCUT2D eigenvalue weighted by Gasteiger charge is 2.68. The molecule has 0 atom stereocenters. The third-order valence-corrected chi connectivity index (χ3v) is 6.68. The Kier molecular flexibility index (Phi) is 5.31. The Morgan fingerprint density at radius 3 is 2.68 bits per heavy atom. The number of methoxy groups -OCH3 is 1. The van der Waals surface area contributed by atoms with E-state index in [-0.39, 0.29) is 69.2 Å². The molecule has 3 saturated carbocycles. The van der Waals surface area contributed by atoms with E-state index in [1.807, 2.05) is 0 Å². The second-order valence-corrected chi connectivity index (χ2v) is 9.41. The average Bonchev–Trinajstić information content (AvgIpc) is 2.77. The fraction of sp³-hybridized carbons (Fsp3) is 0.333. The standard InChI is InChI=1S/C24H20ClFN2O6/c1-32-21-5-4-18-22(27-21)16(29)7-19(34-18)17(30)8-23-10-24(11-23,12-23)28-20(31)9-33-13-2-3-14(25)15(26)6-13/h2-7H,8-12H2,1H3,(H,28,31). The molecule has 3 aliphatic carbocycles. The van der Waals surface area contributed by atoms with Crippen LogP contribution in [-0.4, -0.2) is 35.9 Å². The lowest BCUT2D eigenvalue weighted by Gasteiger charge is -2.70. The molecule has 34 heavy (non-hydrogen) atoms. The quantitative estimate of drug-likeness (QED) is 0.484. The number of amides is 1. The number of carbonyl (C=O) groups is 2. The number of pyridine rings is 1. The van der Waals surface area contributed by atoms with Crippen molar-refractivity contribution < 1.29 is 27.9 Å². The number of halogens is 2. The van der Waals surface area contributed by atoms with E-state index in [0.717, 1.165) is 12.1 Å². The number of nitrogens with one attached hydrogen (secondary N) is 1. The van der Waals surface area contributed by atoms with E-state index < -0.39 is 11.2 Å². The Hall–Kier alpha value is -3.46. The van der Waals surface area contributed by atoms with E-state index in [9.17, 15) is 18.8 Å². The summed E-state index contributed by atoms with van der Waals surface area (Å²) in [4.78, 5) is 41.5. The predicted molar refractivity (Wildman–Crippen MR) is 120 cm³/mol. The van der Waals surface area contributed by atoms with Gasteiger partial charge in [0, 0.05) is 30.2 Å². The van der Waals surface area contributed by atoms with Gasteiger partial charge in [-0.1, -0.05) is 11.6 Å². The zero-order valence-corrected chi connectivity index (χ0v) is 18.9. The molecule has 0 spiro atoms. The van der Waals surface area contributed by atoms with Crippen molar-refractivity contribution in [2.75, 3.05) is 13.7 Å². The fourth-order valence-electron chi connectivity index (χ4n) is 5.07. The molecule has 176 valence electrons. The summed E-state index contributed by atoms with van der Waals surface area (Å²) in [6.07, 6.45) is 2.19. The van der Waals surface area contributed by atoms with Crippen molar-refractivity contribution in [3.8, 4) is 11.6 Å². The van der Waals surface area contributed by atoms with Crippen LogP contribution in [0.2, 0.25) is 5.02 Å². The lowest BCUT2D eigenvalue weighted by Crippen LogP contribution is -2.75. The molecule has 0 radical (unpaired) electrons. The number of hydrogen-bond acceptors (Lipinski definition) is 7. The number of hydrogen-bond donors (Lipinski definition) is 1. The average molecular weight is 487 g/mol. The highest BCUT2D eigenvalue weighted by Crippen LogP contribution is 2.69. The van der Waals surface area contributed by atoms with Gasteiger partial charge in [0.05, 0.1) is 12.1 Å². The van der Waals surface area contributed by atoms with Crippen molar-refractivity contribution in [2.45, 2.75) is 31.2 Å². The van der Waals surface area contributed by atoms with Gasteiger partial charge in [-0.3, -0.25) is 14.4 Å². The first kappa shape index (κ1) is 22.3. The zero-order valence-electron chi connectivity index (χ0n) is 18.2. The van der Waals surface area contributed by atoms with Crippen LogP contribution in [0.4, 0.5) is 4.39 Å². The van der Waals surface area contributed by atoms with Gasteiger partial charge >= 0.3 is 0 Å². The van der Waals surface area contributed by atoms with E-state index in [0.29, 0.717) is 19.3 Å². The summed E-state index contributed by atoms with van der Waals surface area (Å²) in [6.45, 7) is -0.254. The minimum atomic E-state index is -0.621. The maximum absolute atomic E-state index is 13.5. The van der Waals surface area contributed by atoms with Crippen LogP contribution in [0.3, 0.4) is 0 Å². The molecule has 2 aromatic heterocycles. The van der Waals surface area contributed by atoms with Crippen LogP contribution < -0.4 is 20.2 Å². The molecule has 1 aromatic carbocycles. The van der Waals surface area contributed by atoms with Crippen LogP contribution in [0.1, 0.15) is 36.2 Å². The van der Waals surface area contributed by atoms with Gasteiger partial charge in [0.25, 0.3) is 5.91 Å². The molecular formula is C24H20ClFN2O6. The zero-order chi connectivity index (χ0) is 24.1. The van der Waals surface area contributed by atoms with Gasteiger partial charge in [0.2, 0.25) is 11.3 Å². The third kappa shape index (κ3) is 4.00. The topological polar surface area (TPSA) is 108 Å². The first-order chi connectivity index (χ1) is 16.2. The number of carbonyl (C=O) groups excluding carboxylic acids is 2. The van der Waals surface area contributed by atoms with Gasteiger partial charge in [-0.25, -0.2) is 9.37 Å². The summed E-state index contributed by atoms with van der Waals surface area (Å²) in [5.41, 5.74) is -0.650. The van der Waals surface area contributed by atoms with Gasteiger partial charge in [0.15, 0.2) is 29.3 Å². The molecule has 0 unspecified atom stereocenters. The number of rotatable bonds is 8. The van der Waals surface area contributed by atoms with Crippen molar-refractivity contribution in [3.05, 3.63) is 63.2 Å². The number of ketones is 1. The van der Waals surface area contributed by atoms with Crippen LogP contribution in [0, 0.1) is 11.2 Å². The lowest BCUT2D eigenvalue weighted by atomic mass is 9.38. The largest absolute Gasteiger partial charge is 0.484 e. The van der Waals surface area contributed by atoms with Crippen LogP contribution in [0.25, 0.3) is 11.1 Å². The molecule has 1 amide bonds. The van der Waals surface area contributed by atoms with Gasteiger partial charge < -0.3 is 19.2 Å². The monoisotopic (exact) mass is 486 g/mol. The third-order valence-electron chi connectivity index (χ3n) is 6.37. The number of ether oxygens (including phenoxy) is 2. The van der Waals surface area contributed by atoms with E-state index in [1.165, 1.54) is 19.2 Å². The van der Waals surface area contributed by atoms with E-state index in [1.54, 1.807) is 12.1 Å². The van der Waals surface area contributed by atoms with Gasteiger partial charge in [-0.2, -0.15) is 0 Å². The normalized spacial score (nSPS) is 22.4. The number of fused-ring (bicyclic) bond motifs is 1. The lowest BCUT2D eigenvalue weighted by molar-refractivity contribution is -0.164. The smallest absolute Gasteiger partial charge is 0.258 e. The van der Waals surface area contributed by atoms with Crippen LogP contribution in [0.15, 0.2) is 45.6 Å². The predicted octanol–water partition coefficient (Wildman–Crippen LogP) is 3.68. The van der Waals surface area contributed by atoms with Crippen molar-refractivity contribution in [1.82, 2.24) is 10.3 Å². The summed E-state index contributed by atoms with van der Waals surface area (Å²) in [5, 5.41) is 2.93. The molecule has 3 aliphatic rings. The second kappa shape index (κ2) is 8.09. The Balaban J connectivity index is 1.15. The molecular weight excluding hydrogens is 467 g/mol. The minimum Gasteiger partial charge on any atom is -0.484 e. The molecule has 1 N–H and O–H groups in total. The highest BCUT2D eigenvalue weighted by molar-refractivity contribution is 6.30. The fourth-order valence-corrected chi connectivity index (χ4v) is 5.18. The highest BCUT2D eigenvalue weighted by atomic mass is 35.5. The Morgan fingerprint density at radius 2 is 1.97 bits per heavy atom. The Labute approximate surface area is 198 Å². The summed E-state index contributed by atoms with van der Waals surface area (Å²) in [6, 6.07) is 8.23. The van der Waals surface area contributed by atoms with Crippen LogP contribution in [0.5, 0.6) is 11.6 Å². The molecule has 2 bridgehead atoms. The SMILES string of the molecule is COc1ccc2oc(C(=O)CC34CC(NC(=O)COc5ccc(Cl)c(F)c5)(C3)C4)cc(=O)c2n1. The van der Waals surface area contributed by atoms with E-state index in [4.69, 9.17) is 25.5 Å². The first-order valence-corrected chi connectivity index (χ1v) is 11.0. The van der Waals surface area contributed by atoms with Crippen molar-refractivity contribution in [3.63, 3.8) is 0 Å². The van der Waals surface area contributed by atoms with Crippen LogP contribution >= 0.6 is 11.6 Å². The number of aromatic nitrogens is 1. The summed E-state index contributed by atoms with van der Waals surface area (Å²) >= 11 is 5.63. The maximum atomic E-state index is 13.5. The van der Waals surface area contributed by atoms with Crippen LogP contribution in [-0.2, 0) is 4.79 Å². The number of benzene rings is 1. The minimum absolute atomic E-state index is 0.00382. The van der Waals surface area contributed by atoms with Gasteiger partial charge in [-0.05, 0) is 42.9 Å². The molecule has 0 aliphatic heterocycles. The molecule has 2 heterocycles. The maximum Gasteiger partial charge on any atom is 0.258 e. The number of nitrogens with zero attached hydrogens (tertiary/aromatic N) is 1. The second-order valence-electron chi connectivity index (χ2n) is 9.00. The van der Waals surface area contributed by atoms with Crippen molar-refractivity contribution in [1.29, 1.82) is 0 Å². The van der Waals surface area contributed by atoms with Crippen molar-refractivity contribution >= 4 is 34.4 Å². The Bertz CT molecular complexity index is 1370. The van der Waals surface area contributed by atoms with Gasteiger partial charge in [-0.15, -0.1) is 0 Å². The Morgan fingerprint density at radius 1 is 1.21 bits per heavy atom. The first-order valence-electron chi connectivity index (χ1n) is 10.6.